The standard InChI is InChI=1S/C18H24N2O/c1-4-9-20-18(15-8-6-7-14(3)10-15)16-11-17(21-5-2)13-19-12-16/h6-8,10-13,18,20H,4-5,9H2,1-3H3. The summed E-state index contributed by atoms with van der Waals surface area (Å²) in [6.45, 7) is 7.91. The largest absolute Gasteiger partial charge is 0.492 e. The van der Waals surface area contributed by atoms with Crippen LogP contribution in [-0.4, -0.2) is 18.1 Å². The van der Waals surface area contributed by atoms with Crippen molar-refractivity contribution in [1.82, 2.24) is 10.3 Å². The summed E-state index contributed by atoms with van der Waals surface area (Å²) >= 11 is 0. The maximum absolute atomic E-state index is 5.57. The quantitative estimate of drug-likeness (QED) is 0.838. The molecule has 112 valence electrons. The molecule has 3 heteroatoms. The van der Waals surface area contributed by atoms with E-state index in [2.05, 4.69) is 54.5 Å². The van der Waals surface area contributed by atoms with Crippen molar-refractivity contribution in [3.05, 3.63) is 59.4 Å². The third-order valence-corrected chi connectivity index (χ3v) is 3.35. The SMILES string of the molecule is CCCNC(c1cccc(C)c1)c1cncc(OCC)c1. The molecule has 3 nitrogen and oxygen atoms in total. The van der Waals surface area contributed by atoms with Gasteiger partial charge in [0, 0.05) is 6.20 Å². The number of nitrogens with zero attached hydrogens (tertiary/aromatic N) is 1. The van der Waals surface area contributed by atoms with Gasteiger partial charge in [-0.2, -0.15) is 0 Å². The highest BCUT2D eigenvalue weighted by Gasteiger charge is 2.14. The van der Waals surface area contributed by atoms with Gasteiger partial charge in [0.2, 0.25) is 0 Å². The molecule has 0 aliphatic rings. The van der Waals surface area contributed by atoms with E-state index in [-0.39, 0.29) is 6.04 Å². The Balaban J connectivity index is 2.33. The number of hydrogen-bond acceptors (Lipinski definition) is 3. The van der Waals surface area contributed by atoms with Crippen LogP contribution in [0.3, 0.4) is 0 Å². The Kier molecular flexibility index (Phi) is 5.76. The molecule has 1 unspecified atom stereocenters. The summed E-state index contributed by atoms with van der Waals surface area (Å²) in [5.74, 6) is 0.825. The first-order valence-corrected chi connectivity index (χ1v) is 7.62. The summed E-state index contributed by atoms with van der Waals surface area (Å²) in [4.78, 5) is 4.32. The number of pyridine rings is 1. The van der Waals surface area contributed by atoms with Crippen LogP contribution in [-0.2, 0) is 0 Å². The second-order valence-electron chi connectivity index (χ2n) is 5.19. The fourth-order valence-electron chi connectivity index (χ4n) is 2.41. The molecule has 0 saturated heterocycles. The molecule has 1 atom stereocenters. The molecule has 21 heavy (non-hydrogen) atoms. The fourth-order valence-corrected chi connectivity index (χ4v) is 2.41. The summed E-state index contributed by atoms with van der Waals surface area (Å²) < 4.78 is 5.57. The van der Waals surface area contributed by atoms with Crippen molar-refractivity contribution < 1.29 is 4.74 Å². The normalized spacial score (nSPS) is 12.1. The molecule has 0 fully saturated rings. The van der Waals surface area contributed by atoms with Gasteiger partial charge in [-0.3, -0.25) is 4.98 Å². The fraction of sp³-hybridized carbons (Fsp3) is 0.389. The van der Waals surface area contributed by atoms with Crippen molar-refractivity contribution in [2.75, 3.05) is 13.2 Å². The van der Waals surface area contributed by atoms with E-state index in [0.29, 0.717) is 6.61 Å². The van der Waals surface area contributed by atoms with E-state index < -0.39 is 0 Å². The van der Waals surface area contributed by atoms with Crippen LogP contribution >= 0.6 is 0 Å². The Labute approximate surface area is 127 Å². The highest BCUT2D eigenvalue weighted by atomic mass is 16.5. The molecule has 0 spiro atoms. The zero-order chi connectivity index (χ0) is 15.1. The molecular formula is C18H24N2O. The molecule has 0 bridgehead atoms. The van der Waals surface area contributed by atoms with Crippen LogP contribution in [0.4, 0.5) is 0 Å². The molecule has 2 rings (SSSR count). The van der Waals surface area contributed by atoms with Crippen LogP contribution in [0.2, 0.25) is 0 Å². The number of hydrogen-bond donors (Lipinski definition) is 1. The van der Waals surface area contributed by atoms with Crippen LogP contribution in [0.25, 0.3) is 0 Å². The van der Waals surface area contributed by atoms with Crippen molar-refractivity contribution in [2.24, 2.45) is 0 Å². The average Bonchev–Trinajstić information content (AvgIpc) is 2.49. The van der Waals surface area contributed by atoms with E-state index in [9.17, 15) is 0 Å². The maximum Gasteiger partial charge on any atom is 0.137 e. The van der Waals surface area contributed by atoms with Crippen LogP contribution in [0, 0.1) is 6.92 Å². The van der Waals surface area contributed by atoms with Gasteiger partial charge in [0.05, 0.1) is 18.8 Å². The van der Waals surface area contributed by atoms with Crippen molar-refractivity contribution >= 4 is 0 Å². The minimum absolute atomic E-state index is 0.151. The number of benzene rings is 1. The number of rotatable bonds is 7. The summed E-state index contributed by atoms with van der Waals surface area (Å²) in [7, 11) is 0. The van der Waals surface area contributed by atoms with Crippen molar-refractivity contribution in [3.8, 4) is 5.75 Å². The Hall–Kier alpha value is -1.87. The third-order valence-electron chi connectivity index (χ3n) is 3.35. The predicted molar refractivity (Wildman–Crippen MR) is 86.7 cm³/mol. The summed E-state index contributed by atoms with van der Waals surface area (Å²) in [5.41, 5.74) is 3.67. The molecule has 0 saturated carbocycles. The van der Waals surface area contributed by atoms with Gasteiger partial charge in [-0.15, -0.1) is 0 Å². The summed E-state index contributed by atoms with van der Waals surface area (Å²) in [6.07, 6.45) is 4.78. The van der Waals surface area contributed by atoms with Gasteiger partial charge < -0.3 is 10.1 Å². The van der Waals surface area contributed by atoms with Gasteiger partial charge in [-0.25, -0.2) is 0 Å². The molecule has 0 amide bonds. The lowest BCUT2D eigenvalue weighted by Crippen LogP contribution is -2.23. The predicted octanol–water partition coefficient (Wildman–Crippen LogP) is 3.88. The lowest BCUT2D eigenvalue weighted by molar-refractivity contribution is 0.338. The van der Waals surface area contributed by atoms with E-state index in [1.165, 1.54) is 11.1 Å². The number of ether oxygens (including phenoxy) is 1. The second-order valence-corrected chi connectivity index (χ2v) is 5.19. The molecule has 0 radical (unpaired) electrons. The Morgan fingerprint density at radius 2 is 2.00 bits per heavy atom. The molecule has 1 N–H and O–H groups in total. The molecule has 1 aromatic carbocycles. The van der Waals surface area contributed by atoms with Crippen molar-refractivity contribution in [3.63, 3.8) is 0 Å². The smallest absolute Gasteiger partial charge is 0.137 e. The first kappa shape index (κ1) is 15.5. The first-order chi connectivity index (χ1) is 10.2. The van der Waals surface area contributed by atoms with E-state index in [1.807, 2.05) is 13.1 Å². The van der Waals surface area contributed by atoms with E-state index in [1.54, 1.807) is 6.20 Å². The minimum atomic E-state index is 0.151. The molecule has 0 aliphatic heterocycles. The Morgan fingerprint density at radius 1 is 1.14 bits per heavy atom. The zero-order valence-corrected chi connectivity index (χ0v) is 13.1. The molecule has 0 aliphatic carbocycles. The van der Waals surface area contributed by atoms with Crippen molar-refractivity contribution in [2.45, 2.75) is 33.2 Å². The number of aryl methyl sites for hydroxylation is 1. The first-order valence-electron chi connectivity index (χ1n) is 7.62. The van der Waals surface area contributed by atoms with E-state index in [0.717, 1.165) is 24.3 Å². The highest BCUT2D eigenvalue weighted by molar-refractivity contribution is 5.35. The van der Waals surface area contributed by atoms with Crippen molar-refractivity contribution in [1.29, 1.82) is 0 Å². The number of nitrogens with one attached hydrogen (secondary N) is 1. The summed E-state index contributed by atoms with van der Waals surface area (Å²) in [6, 6.07) is 10.8. The molecule has 1 heterocycles. The Bertz CT molecular complexity index is 569. The van der Waals surface area contributed by atoms with Crippen LogP contribution in [0.1, 0.15) is 43.0 Å². The van der Waals surface area contributed by atoms with Gasteiger partial charge in [-0.05, 0) is 44.0 Å². The molecular weight excluding hydrogens is 260 g/mol. The average molecular weight is 284 g/mol. The van der Waals surface area contributed by atoms with E-state index >= 15 is 0 Å². The molecule has 2 aromatic rings. The third kappa shape index (κ3) is 4.30. The minimum Gasteiger partial charge on any atom is -0.492 e. The lowest BCUT2D eigenvalue weighted by Gasteiger charge is -2.20. The maximum atomic E-state index is 5.57. The van der Waals surface area contributed by atoms with E-state index in [4.69, 9.17) is 4.74 Å². The van der Waals surface area contributed by atoms with Crippen LogP contribution in [0.15, 0.2) is 42.7 Å². The van der Waals surface area contributed by atoms with Gasteiger partial charge in [-0.1, -0.05) is 36.8 Å². The highest BCUT2D eigenvalue weighted by Crippen LogP contribution is 2.25. The van der Waals surface area contributed by atoms with Gasteiger partial charge >= 0.3 is 0 Å². The van der Waals surface area contributed by atoms with Crippen LogP contribution in [0.5, 0.6) is 5.75 Å². The monoisotopic (exact) mass is 284 g/mol. The molecule has 1 aromatic heterocycles. The zero-order valence-electron chi connectivity index (χ0n) is 13.1. The van der Waals surface area contributed by atoms with Gasteiger partial charge in [0.25, 0.3) is 0 Å². The van der Waals surface area contributed by atoms with Gasteiger partial charge in [0.1, 0.15) is 5.75 Å². The van der Waals surface area contributed by atoms with Gasteiger partial charge in [0.15, 0.2) is 0 Å². The summed E-state index contributed by atoms with van der Waals surface area (Å²) in [5, 5.41) is 3.60. The number of aromatic nitrogens is 1. The van der Waals surface area contributed by atoms with Crippen LogP contribution < -0.4 is 10.1 Å². The topological polar surface area (TPSA) is 34.2 Å². The lowest BCUT2D eigenvalue weighted by atomic mass is 9.98. The Morgan fingerprint density at radius 3 is 2.71 bits per heavy atom. The second kappa shape index (κ2) is 7.79.